The fourth-order valence-corrected chi connectivity index (χ4v) is 2.84. The smallest absolute Gasteiger partial charge is 0.331 e. The van der Waals surface area contributed by atoms with Crippen LogP contribution in [0.4, 0.5) is 0 Å². The zero-order valence-electron chi connectivity index (χ0n) is 16.7. The number of rotatable bonds is 17. The van der Waals surface area contributed by atoms with Crippen molar-refractivity contribution in [2.45, 2.75) is 110 Å². The van der Waals surface area contributed by atoms with Gasteiger partial charge in [0.1, 0.15) is 5.76 Å². The molecular formula is C21H38O5. The van der Waals surface area contributed by atoms with Crippen molar-refractivity contribution in [3.8, 4) is 0 Å². The van der Waals surface area contributed by atoms with E-state index in [-0.39, 0.29) is 12.2 Å². The minimum atomic E-state index is -1.12. The second kappa shape index (κ2) is 17.1. The maximum Gasteiger partial charge on any atom is 0.331 e. The Morgan fingerprint density at radius 3 is 2.00 bits per heavy atom. The second-order valence-corrected chi connectivity index (χ2v) is 7.00. The van der Waals surface area contributed by atoms with Gasteiger partial charge in [-0.2, -0.15) is 0 Å². The average molecular weight is 371 g/mol. The minimum absolute atomic E-state index is 0.0816. The van der Waals surface area contributed by atoms with Gasteiger partial charge in [-0.05, 0) is 12.8 Å². The van der Waals surface area contributed by atoms with Crippen molar-refractivity contribution in [3.05, 3.63) is 11.8 Å². The van der Waals surface area contributed by atoms with Crippen molar-refractivity contribution >= 4 is 11.9 Å². The number of carboxylic acids is 1. The first-order valence-corrected chi connectivity index (χ1v) is 10.3. The lowest BCUT2D eigenvalue weighted by Crippen LogP contribution is -2.16. The number of ether oxygens (including phenoxy) is 1. The van der Waals surface area contributed by atoms with Gasteiger partial charge in [0.2, 0.25) is 0 Å². The van der Waals surface area contributed by atoms with Crippen molar-refractivity contribution in [3.63, 3.8) is 0 Å². The van der Waals surface area contributed by atoms with Gasteiger partial charge in [0.25, 0.3) is 0 Å². The predicted molar refractivity (Wildman–Crippen MR) is 104 cm³/mol. The Morgan fingerprint density at radius 2 is 1.42 bits per heavy atom. The van der Waals surface area contributed by atoms with Crippen molar-refractivity contribution in [1.29, 1.82) is 0 Å². The summed E-state index contributed by atoms with van der Waals surface area (Å²) < 4.78 is 5.18. The number of carboxylic acid groups (broad SMARTS) is 1. The van der Waals surface area contributed by atoms with Gasteiger partial charge in [-0.15, -0.1) is 0 Å². The van der Waals surface area contributed by atoms with Crippen LogP contribution in [0.3, 0.4) is 0 Å². The number of unbranched alkanes of at least 4 members (excludes halogenated alkanes) is 9. The van der Waals surface area contributed by atoms with Crippen LogP contribution in [-0.4, -0.2) is 28.3 Å². The number of aliphatic carboxylic acids is 1. The van der Waals surface area contributed by atoms with Gasteiger partial charge in [0.15, 0.2) is 0 Å². The molecule has 1 unspecified atom stereocenters. The van der Waals surface area contributed by atoms with E-state index in [1.165, 1.54) is 19.3 Å². The molecule has 152 valence electrons. The standard InChI is InChI=1S/C21H38O5/c1-3-5-7-9-11-12-14-18(22)16-21(25)26-19(17-20(23)24)15-13-10-8-6-4-2/h17-18,22H,3-16H2,1-2H3,(H,23,24). The van der Waals surface area contributed by atoms with E-state index in [0.717, 1.165) is 57.4 Å². The molecule has 0 saturated carbocycles. The van der Waals surface area contributed by atoms with Crippen LogP contribution in [0.1, 0.15) is 104 Å². The fraction of sp³-hybridized carbons (Fsp3) is 0.810. The number of hydrogen-bond acceptors (Lipinski definition) is 4. The van der Waals surface area contributed by atoms with E-state index in [2.05, 4.69) is 13.8 Å². The summed E-state index contributed by atoms with van der Waals surface area (Å²) in [5.74, 6) is -1.48. The molecule has 0 aliphatic heterocycles. The molecule has 0 fully saturated rings. The summed E-state index contributed by atoms with van der Waals surface area (Å²) in [5, 5.41) is 18.9. The first kappa shape index (κ1) is 24.6. The van der Waals surface area contributed by atoms with E-state index in [1.807, 2.05) is 0 Å². The number of esters is 1. The largest absolute Gasteiger partial charge is 0.478 e. The summed E-state index contributed by atoms with van der Waals surface area (Å²) in [6.45, 7) is 4.31. The van der Waals surface area contributed by atoms with E-state index in [0.29, 0.717) is 12.8 Å². The number of carbonyl (C=O) groups is 2. The summed E-state index contributed by atoms with van der Waals surface area (Å²) in [4.78, 5) is 22.8. The maximum absolute atomic E-state index is 11.9. The third-order valence-electron chi connectivity index (χ3n) is 4.35. The highest BCUT2D eigenvalue weighted by molar-refractivity contribution is 5.81. The molecule has 0 aromatic carbocycles. The van der Waals surface area contributed by atoms with E-state index in [1.54, 1.807) is 0 Å². The Kier molecular flexibility index (Phi) is 16.2. The van der Waals surface area contributed by atoms with Crippen molar-refractivity contribution in [2.75, 3.05) is 0 Å². The summed E-state index contributed by atoms with van der Waals surface area (Å²) in [6, 6.07) is 0. The number of allylic oxidation sites excluding steroid dienone is 1. The highest BCUT2D eigenvalue weighted by atomic mass is 16.5. The lowest BCUT2D eigenvalue weighted by atomic mass is 10.1. The highest BCUT2D eigenvalue weighted by Gasteiger charge is 2.14. The monoisotopic (exact) mass is 370 g/mol. The van der Waals surface area contributed by atoms with Crippen LogP contribution in [-0.2, 0) is 14.3 Å². The van der Waals surface area contributed by atoms with Crippen LogP contribution in [0.25, 0.3) is 0 Å². The average Bonchev–Trinajstić information content (AvgIpc) is 2.57. The molecular weight excluding hydrogens is 332 g/mol. The molecule has 0 spiro atoms. The Bertz CT molecular complexity index is 403. The summed E-state index contributed by atoms with van der Waals surface area (Å²) in [6.07, 6.45) is 13.1. The van der Waals surface area contributed by atoms with Crippen LogP contribution in [0.15, 0.2) is 11.8 Å². The lowest BCUT2D eigenvalue weighted by Gasteiger charge is -2.12. The number of aliphatic hydroxyl groups is 1. The van der Waals surface area contributed by atoms with Gasteiger partial charge in [-0.25, -0.2) is 4.79 Å². The van der Waals surface area contributed by atoms with E-state index in [4.69, 9.17) is 9.84 Å². The van der Waals surface area contributed by atoms with Gasteiger partial charge in [0, 0.05) is 6.42 Å². The maximum atomic E-state index is 11.9. The molecule has 0 aromatic heterocycles. The summed E-state index contributed by atoms with van der Waals surface area (Å²) in [5.41, 5.74) is 0. The highest BCUT2D eigenvalue weighted by Crippen LogP contribution is 2.15. The van der Waals surface area contributed by atoms with Crippen molar-refractivity contribution in [2.24, 2.45) is 0 Å². The fourth-order valence-electron chi connectivity index (χ4n) is 2.84. The quantitative estimate of drug-likeness (QED) is 0.156. The van der Waals surface area contributed by atoms with Crippen LogP contribution in [0.5, 0.6) is 0 Å². The lowest BCUT2D eigenvalue weighted by molar-refractivity contribution is -0.142. The van der Waals surface area contributed by atoms with Crippen molar-refractivity contribution in [1.82, 2.24) is 0 Å². The topological polar surface area (TPSA) is 83.8 Å². The van der Waals surface area contributed by atoms with Gasteiger partial charge in [-0.1, -0.05) is 78.1 Å². The minimum Gasteiger partial charge on any atom is -0.478 e. The Hall–Kier alpha value is -1.36. The molecule has 0 aromatic rings. The number of aliphatic hydroxyl groups excluding tert-OH is 1. The molecule has 1 atom stereocenters. The SMILES string of the molecule is CCCCCCCCC(O)CC(=O)OC(=CC(=O)O)CCCCCCC. The summed E-state index contributed by atoms with van der Waals surface area (Å²) >= 11 is 0. The third-order valence-corrected chi connectivity index (χ3v) is 4.35. The van der Waals surface area contributed by atoms with Crippen LogP contribution >= 0.6 is 0 Å². The molecule has 0 amide bonds. The van der Waals surface area contributed by atoms with Gasteiger partial charge in [0.05, 0.1) is 18.6 Å². The van der Waals surface area contributed by atoms with Crippen molar-refractivity contribution < 1.29 is 24.5 Å². The Labute approximate surface area is 158 Å². The zero-order chi connectivity index (χ0) is 19.6. The number of carbonyl (C=O) groups excluding carboxylic acids is 1. The molecule has 0 rings (SSSR count). The first-order valence-electron chi connectivity index (χ1n) is 10.3. The Morgan fingerprint density at radius 1 is 0.885 bits per heavy atom. The second-order valence-electron chi connectivity index (χ2n) is 7.00. The van der Waals surface area contributed by atoms with Crippen LogP contribution < -0.4 is 0 Å². The summed E-state index contributed by atoms with van der Waals surface area (Å²) in [7, 11) is 0. The molecule has 26 heavy (non-hydrogen) atoms. The zero-order valence-corrected chi connectivity index (χ0v) is 16.7. The molecule has 0 saturated heterocycles. The van der Waals surface area contributed by atoms with E-state index < -0.39 is 18.0 Å². The molecule has 5 nitrogen and oxygen atoms in total. The normalized spacial score (nSPS) is 12.8. The van der Waals surface area contributed by atoms with E-state index in [9.17, 15) is 14.7 Å². The first-order chi connectivity index (χ1) is 12.5. The third kappa shape index (κ3) is 16.1. The van der Waals surface area contributed by atoms with Crippen LogP contribution in [0, 0.1) is 0 Å². The predicted octanol–water partition coefficient (Wildman–Crippen LogP) is 5.36. The van der Waals surface area contributed by atoms with Gasteiger partial charge in [-0.3, -0.25) is 4.79 Å². The molecule has 0 aliphatic carbocycles. The Balaban J connectivity index is 4.08. The molecule has 0 heterocycles. The molecule has 0 bridgehead atoms. The molecule has 0 radical (unpaired) electrons. The molecule has 2 N–H and O–H groups in total. The van der Waals surface area contributed by atoms with E-state index >= 15 is 0 Å². The number of hydrogen-bond donors (Lipinski definition) is 2. The molecule has 0 aliphatic rings. The van der Waals surface area contributed by atoms with Gasteiger partial charge < -0.3 is 14.9 Å². The van der Waals surface area contributed by atoms with Gasteiger partial charge >= 0.3 is 11.9 Å². The molecule has 5 heteroatoms. The van der Waals surface area contributed by atoms with Crippen LogP contribution in [0.2, 0.25) is 0 Å².